The molecule has 0 aromatic carbocycles. The number of nitrogens with one attached hydrogen (secondary N) is 3. The smallest absolute Gasteiger partial charge is 0.271 e. The van der Waals surface area contributed by atoms with E-state index in [1.165, 1.54) is 6.20 Å². The number of hydrogen-bond acceptors (Lipinski definition) is 9. The third-order valence-corrected chi connectivity index (χ3v) is 4.62. The number of amides is 1. The quantitative estimate of drug-likeness (QED) is 0.367. The fourth-order valence-corrected chi connectivity index (χ4v) is 2.82. The fraction of sp³-hybridized carbons (Fsp3) is 0.300. The third-order valence-electron chi connectivity index (χ3n) is 4.62. The minimum atomic E-state index is -0.724. The highest BCUT2D eigenvalue weighted by atomic mass is 16.1. The Morgan fingerprint density at radius 1 is 1.20 bits per heavy atom. The molecule has 3 aromatic heterocycles. The molecule has 0 saturated carbocycles. The number of carbonyl (C=O) groups is 2. The zero-order valence-corrected chi connectivity index (χ0v) is 16.8. The lowest BCUT2D eigenvalue weighted by Gasteiger charge is -2.17. The average molecular weight is 408 g/mol. The van der Waals surface area contributed by atoms with Crippen LogP contribution in [0.15, 0.2) is 36.8 Å². The van der Waals surface area contributed by atoms with Gasteiger partial charge in [0, 0.05) is 12.2 Å². The molecule has 0 radical (unpaired) electrons. The predicted octanol–water partition coefficient (Wildman–Crippen LogP) is 1.63. The standard InChI is InChI=1S/C20H24N8O2/c1-12(22-2)5-6-13(11-29)26-17-10-25-18(19(21)30)20(28-17)27-14-8-16-15(24-9-14)4-3-7-23-16/h3-4,7-13,22H,5-6H2,1-2H3,(H2,21,30)(H2,26,27,28)/t12?,13-/m1/s1. The van der Waals surface area contributed by atoms with Crippen molar-refractivity contribution in [1.29, 1.82) is 0 Å². The molecule has 0 saturated heterocycles. The maximum atomic E-state index is 11.8. The Hall–Kier alpha value is -3.66. The van der Waals surface area contributed by atoms with E-state index in [-0.39, 0.29) is 17.6 Å². The van der Waals surface area contributed by atoms with Crippen LogP contribution < -0.4 is 21.7 Å². The van der Waals surface area contributed by atoms with Gasteiger partial charge in [0.1, 0.15) is 12.1 Å². The van der Waals surface area contributed by atoms with Crippen LogP contribution in [0, 0.1) is 0 Å². The maximum absolute atomic E-state index is 11.8. The number of fused-ring (bicyclic) bond motifs is 1. The summed E-state index contributed by atoms with van der Waals surface area (Å²) in [5.41, 5.74) is 7.42. The van der Waals surface area contributed by atoms with Crippen molar-refractivity contribution in [2.45, 2.75) is 31.8 Å². The molecule has 0 aliphatic carbocycles. The summed E-state index contributed by atoms with van der Waals surface area (Å²) in [6.45, 7) is 2.04. The van der Waals surface area contributed by atoms with Crippen LogP contribution in [0.4, 0.5) is 17.3 Å². The summed E-state index contributed by atoms with van der Waals surface area (Å²) in [5, 5.41) is 9.20. The second kappa shape index (κ2) is 9.70. The number of pyridine rings is 2. The van der Waals surface area contributed by atoms with E-state index in [1.54, 1.807) is 24.5 Å². The number of primary amides is 1. The van der Waals surface area contributed by atoms with Gasteiger partial charge in [0.05, 0.1) is 35.2 Å². The van der Waals surface area contributed by atoms with Gasteiger partial charge in [0.2, 0.25) is 0 Å². The molecule has 1 amide bonds. The molecule has 3 heterocycles. The van der Waals surface area contributed by atoms with Crippen molar-refractivity contribution in [2.75, 3.05) is 17.7 Å². The van der Waals surface area contributed by atoms with Gasteiger partial charge >= 0.3 is 0 Å². The van der Waals surface area contributed by atoms with Crippen molar-refractivity contribution in [1.82, 2.24) is 25.3 Å². The monoisotopic (exact) mass is 408 g/mol. The predicted molar refractivity (Wildman–Crippen MR) is 115 cm³/mol. The van der Waals surface area contributed by atoms with Crippen molar-refractivity contribution in [3.05, 3.63) is 42.5 Å². The first-order chi connectivity index (χ1) is 14.5. The van der Waals surface area contributed by atoms with Gasteiger partial charge in [-0.1, -0.05) is 0 Å². The van der Waals surface area contributed by atoms with Crippen LogP contribution >= 0.6 is 0 Å². The first-order valence-corrected chi connectivity index (χ1v) is 9.54. The molecule has 156 valence electrons. The summed E-state index contributed by atoms with van der Waals surface area (Å²) in [6.07, 6.45) is 6.90. The average Bonchev–Trinajstić information content (AvgIpc) is 2.76. The summed E-state index contributed by atoms with van der Waals surface area (Å²) >= 11 is 0. The Bertz CT molecular complexity index is 1040. The number of anilines is 3. The molecule has 0 spiro atoms. The van der Waals surface area contributed by atoms with Gasteiger partial charge in [-0.05, 0) is 45.0 Å². The number of rotatable bonds is 10. The summed E-state index contributed by atoms with van der Waals surface area (Å²) in [5.74, 6) is -0.209. The maximum Gasteiger partial charge on any atom is 0.271 e. The number of carbonyl (C=O) groups excluding carboxylic acids is 2. The van der Waals surface area contributed by atoms with Gasteiger partial charge < -0.3 is 26.5 Å². The van der Waals surface area contributed by atoms with Crippen molar-refractivity contribution >= 4 is 40.5 Å². The molecule has 0 aliphatic rings. The molecular weight excluding hydrogens is 384 g/mol. The molecule has 3 aromatic rings. The highest BCUT2D eigenvalue weighted by Gasteiger charge is 2.16. The molecule has 1 unspecified atom stereocenters. The van der Waals surface area contributed by atoms with E-state index in [1.807, 2.05) is 20.0 Å². The summed E-state index contributed by atoms with van der Waals surface area (Å²) in [7, 11) is 1.87. The highest BCUT2D eigenvalue weighted by Crippen LogP contribution is 2.21. The minimum Gasteiger partial charge on any atom is -0.364 e. The van der Waals surface area contributed by atoms with E-state index in [0.717, 1.165) is 18.2 Å². The van der Waals surface area contributed by atoms with Gasteiger partial charge in [0.25, 0.3) is 5.91 Å². The van der Waals surface area contributed by atoms with Crippen LogP contribution in [0.1, 0.15) is 30.3 Å². The summed E-state index contributed by atoms with van der Waals surface area (Å²) < 4.78 is 0. The largest absolute Gasteiger partial charge is 0.364 e. The second-order valence-electron chi connectivity index (χ2n) is 6.86. The zero-order chi connectivity index (χ0) is 21.5. The van der Waals surface area contributed by atoms with Crippen molar-refractivity contribution in [3.63, 3.8) is 0 Å². The Labute approximate surface area is 173 Å². The normalized spacial score (nSPS) is 12.9. The Kier molecular flexibility index (Phi) is 6.81. The fourth-order valence-electron chi connectivity index (χ4n) is 2.82. The number of aldehydes is 1. The molecule has 30 heavy (non-hydrogen) atoms. The van der Waals surface area contributed by atoms with Crippen molar-refractivity contribution < 1.29 is 9.59 Å². The van der Waals surface area contributed by atoms with Crippen LogP contribution in [-0.4, -0.2) is 51.3 Å². The topological polar surface area (TPSA) is 148 Å². The lowest BCUT2D eigenvalue weighted by atomic mass is 10.1. The lowest BCUT2D eigenvalue weighted by Crippen LogP contribution is -2.27. The van der Waals surface area contributed by atoms with Crippen LogP contribution in [0.5, 0.6) is 0 Å². The van der Waals surface area contributed by atoms with E-state index in [4.69, 9.17) is 5.73 Å². The summed E-state index contributed by atoms with van der Waals surface area (Å²) in [6, 6.07) is 5.27. The first-order valence-electron chi connectivity index (χ1n) is 9.54. The number of hydrogen-bond donors (Lipinski definition) is 4. The second-order valence-corrected chi connectivity index (χ2v) is 6.86. The molecule has 5 N–H and O–H groups in total. The van der Waals surface area contributed by atoms with Crippen LogP contribution in [0.25, 0.3) is 11.0 Å². The van der Waals surface area contributed by atoms with E-state index in [9.17, 15) is 9.59 Å². The molecule has 3 rings (SSSR count). The van der Waals surface area contributed by atoms with E-state index < -0.39 is 11.9 Å². The van der Waals surface area contributed by atoms with Gasteiger partial charge in [-0.3, -0.25) is 14.8 Å². The Balaban J connectivity index is 1.83. The van der Waals surface area contributed by atoms with Crippen LogP contribution in [0.2, 0.25) is 0 Å². The molecule has 0 bridgehead atoms. The molecule has 2 atom stereocenters. The van der Waals surface area contributed by atoms with Crippen molar-refractivity contribution in [3.8, 4) is 0 Å². The van der Waals surface area contributed by atoms with Crippen molar-refractivity contribution in [2.24, 2.45) is 5.73 Å². The first kappa shape index (κ1) is 21.1. The number of nitrogens with two attached hydrogens (primary N) is 1. The minimum absolute atomic E-state index is 0.0203. The van der Waals surface area contributed by atoms with E-state index in [2.05, 4.69) is 35.9 Å². The Morgan fingerprint density at radius 3 is 2.77 bits per heavy atom. The SMILES string of the molecule is CNC(C)CC[C@H](C=O)Nc1cnc(C(N)=O)c(Nc2cnc3cccnc3c2)n1. The molecule has 10 heteroatoms. The van der Waals surface area contributed by atoms with E-state index in [0.29, 0.717) is 23.4 Å². The van der Waals surface area contributed by atoms with Gasteiger partial charge in [-0.15, -0.1) is 0 Å². The molecule has 10 nitrogen and oxygen atoms in total. The van der Waals surface area contributed by atoms with Gasteiger partial charge in [-0.25, -0.2) is 9.97 Å². The number of nitrogens with zero attached hydrogens (tertiary/aromatic N) is 4. The lowest BCUT2D eigenvalue weighted by molar-refractivity contribution is -0.108. The molecule has 0 fully saturated rings. The highest BCUT2D eigenvalue weighted by molar-refractivity contribution is 5.96. The molecular formula is C20H24N8O2. The van der Waals surface area contributed by atoms with Gasteiger partial charge in [0.15, 0.2) is 11.5 Å². The number of aromatic nitrogens is 4. The summed E-state index contributed by atoms with van der Waals surface area (Å²) in [4.78, 5) is 40.3. The third kappa shape index (κ3) is 5.23. The van der Waals surface area contributed by atoms with Crippen LogP contribution in [0.3, 0.4) is 0 Å². The van der Waals surface area contributed by atoms with Gasteiger partial charge in [-0.2, -0.15) is 0 Å². The van der Waals surface area contributed by atoms with E-state index >= 15 is 0 Å². The zero-order valence-electron chi connectivity index (χ0n) is 16.8. The molecule has 0 aliphatic heterocycles. The Morgan fingerprint density at radius 2 is 2.03 bits per heavy atom. The van der Waals surface area contributed by atoms with Crippen LogP contribution in [-0.2, 0) is 4.79 Å².